The van der Waals surface area contributed by atoms with E-state index in [9.17, 15) is 9.59 Å². The molecule has 2 aromatic rings. The second-order valence-electron chi connectivity index (χ2n) is 7.27. The molecule has 25 heavy (non-hydrogen) atoms. The van der Waals surface area contributed by atoms with Crippen LogP contribution in [0.25, 0.3) is 0 Å². The first-order chi connectivity index (χ1) is 12.2. The van der Waals surface area contributed by atoms with Crippen LogP contribution in [0.1, 0.15) is 65.9 Å². The average molecular weight is 333 g/mol. The lowest BCUT2D eigenvalue weighted by Gasteiger charge is -2.45. The number of hydrogen-bond acceptors (Lipinski definition) is 2. The summed E-state index contributed by atoms with van der Waals surface area (Å²) in [6.07, 6.45) is 5.73. The van der Waals surface area contributed by atoms with Crippen molar-refractivity contribution in [2.45, 2.75) is 50.0 Å². The lowest BCUT2D eigenvalue weighted by atomic mass is 9.69. The van der Waals surface area contributed by atoms with Crippen molar-refractivity contribution in [1.82, 2.24) is 5.32 Å². The number of Topliss-reactive ketones (excluding diaryl/α,β-unsaturated/α-hetero) is 1. The molecule has 1 aliphatic heterocycles. The molecule has 0 bridgehead atoms. The number of nitrogens with one attached hydrogen (secondary N) is 1. The predicted octanol–water partition coefficient (Wildman–Crippen LogP) is 4.33. The van der Waals surface area contributed by atoms with Crippen molar-refractivity contribution < 1.29 is 9.59 Å². The third-order valence-electron chi connectivity index (χ3n) is 5.72. The van der Waals surface area contributed by atoms with Gasteiger partial charge < -0.3 is 5.32 Å². The summed E-state index contributed by atoms with van der Waals surface area (Å²) < 4.78 is 0. The minimum absolute atomic E-state index is 0.00452. The smallest absolute Gasteiger partial charge is 0.228 e. The number of carbonyl (C=O) groups excluding carboxylic acids is 2. The number of ketones is 1. The van der Waals surface area contributed by atoms with E-state index in [0.29, 0.717) is 5.56 Å². The average Bonchev–Trinajstić information content (AvgIpc) is 2.66. The summed E-state index contributed by atoms with van der Waals surface area (Å²) in [7, 11) is 0. The molecule has 1 amide bonds. The van der Waals surface area contributed by atoms with E-state index in [-0.39, 0.29) is 23.7 Å². The van der Waals surface area contributed by atoms with E-state index < -0.39 is 5.92 Å². The second kappa shape index (κ2) is 6.47. The van der Waals surface area contributed by atoms with Gasteiger partial charge in [0.05, 0.1) is 11.5 Å². The number of rotatable bonds is 3. The standard InChI is InChI=1S/C22H23NO2/c24-20(16-9-3-1-4-10-16)15-18-17-11-5-6-12-19(17)22(23-21(18)25)13-7-2-8-14-22/h1,3-6,9-12,18H,2,7-8,13-15H2,(H,23,25). The van der Waals surface area contributed by atoms with Crippen LogP contribution in [0.3, 0.4) is 0 Å². The maximum atomic E-state index is 12.9. The normalized spacial score (nSPS) is 21.4. The third-order valence-corrected chi connectivity index (χ3v) is 5.72. The van der Waals surface area contributed by atoms with Crippen molar-refractivity contribution in [3.8, 4) is 0 Å². The molecule has 1 N–H and O–H groups in total. The highest BCUT2D eigenvalue weighted by molar-refractivity contribution is 6.00. The van der Waals surface area contributed by atoms with Crippen molar-refractivity contribution in [3.05, 3.63) is 71.3 Å². The second-order valence-corrected chi connectivity index (χ2v) is 7.27. The van der Waals surface area contributed by atoms with Crippen molar-refractivity contribution in [2.75, 3.05) is 0 Å². The molecule has 2 aromatic carbocycles. The topological polar surface area (TPSA) is 46.2 Å². The lowest BCUT2D eigenvalue weighted by Crippen LogP contribution is -2.53. The molecule has 3 heteroatoms. The molecule has 128 valence electrons. The molecule has 2 aliphatic rings. The van der Waals surface area contributed by atoms with Gasteiger partial charge in [-0.1, -0.05) is 73.9 Å². The van der Waals surface area contributed by atoms with E-state index in [4.69, 9.17) is 0 Å². The zero-order valence-corrected chi connectivity index (χ0v) is 14.3. The van der Waals surface area contributed by atoms with Crippen LogP contribution in [-0.2, 0) is 10.3 Å². The van der Waals surface area contributed by atoms with Gasteiger partial charge in [0.1, 0.15) is 0 Å². The third kappa shape index (κ3) is 2.88. The van der Waals surface area contributed by atoms with Gasteiger partial charge in [-0.25, -0.2) is 0 Å². The van der Waals surface area contributed by atoms with Gasteiger partial charge in [-0.3, -0.25) is 9.59 Å². The van der Waals surface area contributed by atoms with E-state index >= 15 is 0 Å². The number of hydrogen-bond donors (Lipinski definition) is 1. The van der Waals surface area contributed by atoms with Gasteiger partial charge in [0.25, 0.3) is 0 Å². The van der Waals surface area contributed by atoms with Gasteiger partial charge in [-0.2, -0.15) is 0 Å². The van der Waals surface area contributed by atoms with Gasteiger partial charge in [0.2, 0.25) is 5.91 Å². The van der Waals surface area contributed by atoms with Crippen LogP contribution in [0.15, 0.2) is 54.6 Å². The molecular formula is C22H23NO2. The number of amides is 1. The quantitative estimate of drug-likeness (QED) is 0.850. The van der Waals surface area contributed by atoms with Gasteiger partial charge in [0.15, 0.2) is 5.78 Å². The molecule has 0 aromatic heterocycles. The Morgan fingerprint density at radius 2 is 1.64 bits per heavy atom. The van der Waals surface area contributed by atoms with Crippen LogP contribution >= 0.6 is 0 Å². The zero-order chi connectivity index (χ0) is 17.3. The lowest BCUT2D eigenvalue weighted by molar-refractivity contribution is -0.126. The zero-order valence-electron chi connectivity index (χ0n) is 14.3. The maximum absolute atomic E-state index is 12.9. The Kier molecular flexibility index (Phi) is 4.16. The molecule has 1 saturated carbocycles. The van der Waals surface area contributed by atoms with Crippen LogP contribution in [0, 0.1) is 0 Å². The largest absolute Gasteiger partial charge is 0.346 e. The van der Waals surface area contributed by atoms with Gasteiger partial charge in [0, 0.05) is 12.0 Å². The van der Waals surface area contributed by atoms with Gasteiger partial charge in [-0.05, 0) is 24.0 Å². The fraction of sp³-hybridized carbons (Fsp3) is 0.364. The minimum atomic E-state index is -0.392. The van der Waals surface area contributed by atoms with E-state index in [1.165, 1.54) is 12.0 Å². The van der Waals surface area contributed by atoms with E-state index in [2.05, 4.69) is 11.4 Å². The first-order valence-electron chi connectivity index (χ1n) is 9.19. The highest BCUT2D eigenvalue weighted by Gasteiger charge is 2.44. The highest BCUT2D eigenvalue weighted by atomic mass is 16.2. The summed E-state index contributed by atoms with van der Waals surface area (Å²) in [4.78, 5) is 25.6. The summed E-state index contributed by atoms with van der Waals surface area (Å²) in [6, 6.07) is 17.4. The van der Waals surface area contributed by atoms with E-state index in [0.717, 1.165) is 31.2 Å². The molecule has 1 heterocycles. The van der Waals surface area contributed by atoms with E-state index in [1.54, 1.807) is 0 Å². The van der Waals surface area contributed by atoms with Crippen molar-refractivity contribution in [1.29, 1.82) is 0 Å². The number of fused-ring (bicyclic) bond motifs is 2. The predicted molar refractivity (Wildman–Crippen MR) is 97.5 cm³/mol. The van der Waals surface area contributed by atoms with Crippen LogP contribution in [0.4, 0.5) is 0 Å². The summed E-state index contributed by atoms with van der Waals surface area (Å²) in [5, 5.41) is 3.30. The molecule has 1 aliphatic carbocycles. The molecular weight excluding hydrogens is 310 g/mol. The van der Waals surface area contributed by atoms with Crippen molar-refractivity contribution in [3.63, 3.8) is 0 Å². The van der Waals surface area contributed by atoms with Gasteiger partial charge in [-0.15, -0.1) is 0 Å². The van der Waals surface area contributed by atoms with Crippen LogP contribution < -0.4 is 5.32 Å². The Hall–Kier alpha value is -2.42. The fourth-order valence-corrected chi connectivity index (χ4v) is 4.45. The van der Waals surface area contributed by atoms with Crippen molar-refractivity contribution >= 4 is 11.7 Å². The van der Waals surface area contributed by atoms with Crippen LogP contribution in [-0.4, -0.2) is 11.7 Å². The van der Waals surface area contributed by atoms with Crippen LogP contribution in [0.5, 0.6) is 0 Å². The molecule has 1 spiro atoms. The Morgan fingerprint density at radius 3 is 2.40 bits per heavy atom. The molecule has 0 saturated heterocycles. The minimum Gasteiger partial charge on any atom is -0.346 e. The SMILES string of the molecule is O=C(CC1C(=O)NC2(CCCCC2)c2ccccc21)c1ccccc1. The molecule has 1 atom stereocenters. The van der Waals surface area contributed by atoms with E-state index in [1.807, 2.05) is 48.5 Å². The molecule has 3 nitrogen and oxygen atoms in total. The Bertz CT molecular complexity index is 791. The molecule has 4 rings (SSSR count). The first-order valence-corrected chi connectivity index (χ1v) is 9.19. The fourth-order valence-electron chi connectivity index (χ4n) is 4.45. The monoisotopic (exact) mass is 333 g/mol. The first kappa shape index (κ1) is 16.1. The summed E-state index contributed by atoms with van der Waals surface area (Å²) in [5.41, 5.74) is 2.71. The molecule has 1 fully saturated rings. The number of benzene rings is 2. The van der Waals surface area contributed by atoms with Crippen LogP contribution in [0.2, 0.25) is 0 Å². The summed E-state index contributed by atoms with van der Waals surface area (Å²) in [5.74, 6) is -0.364. The molecule has 0 radical (unpaired) electrons. The summed E-state index contributed by atoms with van der Waals surface area (Å²) in [6.45, 7) is 0. The Balaban J connectivity index is 1.68. The van der Waals surface area contributed by atoms with Gasteiger partial charge >= 0.3 is 0 Å². The Labute approximate surface area is 148 Å². The Morgan fingerprint density at radius 1 is 0.960 bits per heavy atom. The number of carbonyl (C=O) groups is 2. The maximum Gasteiger partial charge on any atom is 0.228 e. The van der Waals surface area contributed by atoms with Crippen molar-refractivity contribution in [2.24, 2.45) is 0 Å². The highest BCUT2D eigenvalue weighted by Crippen LogP contribution is 2.44. The summed E-state index contributed by atoms with van der Waals surface area (Å²) >= 11 is 0. The molecule has 1 unspecified atom stereocenters.